The topological polar surface area (TPSA) is 107 Å². The second-order valence-electron chi connectivity index (χ2n) is 7.62. The minimum atomic E-state index is -3.50. The van der Waals surface area contributed by atoms with E-state index in [0.717, 1.165) is 25.1 Å². The van der Waals surface area contributed by atoms with Gasteiger partial charge in [-0.25, -0.2) is 13.4 Å². The van der Waals surface area contributed by atoms with Gasteiger partial charge in [0.1, 0.15) is 6.04 Å². The molecule has 162 valence electrons. The molecule has 0 spiro atoms. The lowest BCUT2D eigenvalue weighted by Crippen LogP contribution is -2.35. The maximum Gasteiger partial charge on any atom is 0.252 e. The van der Waals surface area contributed by atoms with Gasteiger partial charge in [0.05, 0.1) is 16.3 Å². The Bertz CT molecular complexity index is 1090. The van der Waals surface area contributed by atoms with Crippen molar-refractivity contribution in [1.82, 2.24) is 9.55 Å². The van der Waals surface area contributed by atoms with Crippen LogP contribution in [-0.2, 0) is 19.4 Å². The molecular formula is C19H22FN3O5S2. The lowest BCUT2D eigenvalue weighted by molar-refractivity contribution is -0.120. The van der Waals surface area contributed by atoms with Crippen LogP contribution >= 0.6 is 11.3 Å². The number of aromatic nitrogens is 2. The molecule has 4 rings (SSSR count). The number of ether oxygens (including phenoxy) is 1. The summed E-state index contributed by atoms with van der Waals surface area (Å²) in [6.07, 6.45) is 5.49. The quantitative estimate of drug-likeness (QED) is 0.687. The fraction of sp³-hybridized carbons (Fsp3) is 0.526. The molecule has 1 amide bonds. The third-order valence-corrected chi connectivity index (χ3v) is 8.42. The number of carbonyl (C=O) groups excluding carboxylic acids is 1. The van der Waals surface area contributed by atoms with E-state index >= 15 is 0 Å². The van der Waals surface area contributed by atoms with Gasteiger partial charge >= 0.3 is 0 Å². The van der Waals surface area contributed by atoms with Gasteiger partial charge < -0.3 is 14.6 Å². The van der Waals surface area contributed by atoms with E-state index in [4.69, 9.17) is 4.74 Å². The molecule has 30 heavy (non-hydrogen) atoms. The molecule has 1 saturated heterocycles. The van der Waals surface area contributed by atoms with Crippen molar-refractivity contribution in [3.63, 3.8) is 0 Å². The largest absolute Gasteiger partial charge is 0.381 e. The number of hydrogen-bond acceptors (Lipinski definition) is 7. The van der Waals surface area contributed by atoms with E-state index in [1.54, 1.807) is 0 Å². The number of nitrogens with zero attached hydrogens (tertiary/aromatic N) is 2. The Kier molecular flexibility index (Phi) is 6.03. The normalized spacial score (nSPS) is 18.8. The Morgan fingerprint density at radius 3 is 2.67 bits per heavy atom. The molecule has 1 N–H and O–H groups in total. The van der Waals surface area contributed by atoms with E-state index in [9.17, 15) is 22.4 Å². The second kappa shape index (κ2) is 8.56. The van der Waals surface area contributed by atoms with Crippen LogP contribution in [0.2, 0.25) is 0 Å². The average molecular weight is 456 g/mol. The first-order chi connectivity index (χ1) is 14.3. The van der Waals surface area contributed by atoms with Crippen LogP contribution in [-0.4, -0.2) is 42.3 Å². The molecule has 0 aromatic carbocycles. The van der Waals surface area contributed by atoms with Crippen molar-refractivity contribution in [1.29, 1.82) is 0 Å². The van der Waals surface area contributed by atoms with Crippen LogP contribution in [0.5, 0.6) is 0 Å². The highest BCUT2D eigenvalue weighted by Gasteiger charge is 2.37. The van der Waals surface area contributed by atoms with Crippen LogP contribution in [0.3, 0.4) is 0 Å². The zero-order chi connectivity index (χ0) is 21.3. The second-order valence-corrected chi connectivity index (χ2v) is 10.8. The molecule has 1 saturated carbocycles. The summed E-state index contributed by atoms with van der Waals surface area (Å²) < 4.78 is 44.7. The summed E-state index contributed by atoms with van der Waals surface area (Å²) in [6.45, 7) is 1.17. The molecule has 0 radical (unpaired) electrons. The summed E-state index contributed by atoms with van der Waals surface area (Å²) in [6, 6.07) is 1.59. The predicted molar refractivity (Wildman–Crippen MR) is 109 cm³/mol. The molecule has 11 heteroatoms. The van der Waals surface area contributed by atoms with Gasteiger partial charge in [-0.15, -0.1) is 0 Å². The Hall–Kier alpha value is -2.11. The Labute approximate surface area is 177 Å². The first kappa shape index (κ1) is 21.1. The van der Waals surface area contributed by atoms with Crippen molar-refractivity contribution in [3.05, 3.63) is 40.0 Å². The van der Waals surface area contributed by atoms with E-state index in [1.165, 1.54) is 16.8 Å². The maximum absolute atomic E-state index is 13.2. The first-order valence-electron chi connectivity index (χ1n) is 9.80. The minimum absolute atomic E-state index is 0.0153. The SMILES string of the molecule is O=C(Nc1ncc(F)s1)[C@H](CC1CCOCC1)n1ccc(S(=O)(=O)C2CC2)cc1=O. The van der Waals surface area contributed by atoms with E-state index < -0.39 is 37.7 Å². The van der Waals surface area contributed by atoms with Gasteiger partial charge in [-0.2, -0.15) is 4.39 Å². The number of anilines is 1. The summed E-state index contributed by atoms with van der Waals surface area (Å²) in [4.78, 5) is 29.6. The fourth-order valence-corrected chi connectivity index (χ4v) is 5.83. The summed E-state index contributed by atoms with van der Waals surface area (Å²) in [5.41, 5.74) is -0.561. The van der Waals surface area contributed by atoms with Gasteiger partial charge in [-0.3, -0.25) is 9.59 Å². The van der Waals surface area contributed by atoms with E-state index in [0.29, 0.717) is 43.8 Å². The van der Waals surface area contributed by atoms with Crippen molar-refractivity contribution in [2.24, 2.45) is 5.92 Å². The zero-order valence-corrected chi connectivity index (χ0v) is 17.8. The van der Waals surface area contributed by atoms with Crippen LogP contribution in [0.4, 0.5) is 9.52 Å². The van der Waals surface area contributed by atoms with Crippen LogP contribution in [0.1, 0.15) is 38.1 Å². The summed E-state index contributed by atoms with van der Waals surface area (Å²) in [7, 11) is -3.50. The molecule has 2 aromatic heterocycles. The lowest BCUT2D eigenvalue weighted by atomic mass is 9.92. The number of carbonyl (C=O) groups is 1. The molecule has 2 aromatic rings. The molecule has 2 fully saturated rings. The smallest absolute Gasteiger partial charge is 0.252 e. The molecule has 1 atom stereocenters. The zero-order valence-electron chi connectivity index (χ0n) is 16.1. The number of amides is 1. The highest BCUT2D eigenvalue weighted by Crippen LogP contribution is 2.33. The van der Waals surface area contributed by atoms with Crippen molar-refractivity contribution in [3.8, 4) is 0 Å². The minimum Gasteiger partial charge on any atom is -0.381 e. The maximum atomic E-state index is 13.2. The lowest BCUT2D eigenvalue weighted by Gasteiger charge is -2.27. The molecule has 1 aliphatic heterocycles. The van der Waals surface area contributed by atoms with Crippen molar-refractivity contribution >= 4 is 32.2 Å². The monoisotopic (exact) mass is 455 g/mol. The predicted octanol–water partition coefficient (Wildman–Crippen LogP) is 2.38. The number of hydrogen-bond donors (Lipinski definition) is 1. The molecule has 1 aliphatic carbocycles. The van der Waals surface area contributed by atoms with Gasteiger partial charge in [0.25, 0.3) is 5.56 Å². The first-order valence-corrected chi connectivity index (χ1v) is 12.2. The molecule has 2 aliphatic rings. The van der Waals surface area contributed by atoms with Gasteiger partial charge in [0.2, 0.25) is 5.91 Å². The van der Waals surface area contributed by atoms with Gasteiger partial charge in [-0.05, 0) is 44.1 Å². The Morgan fingerprint density at radius 2 is 2.07 bits per heavy atom. The summed E-state index contributed by atoms with van der Waals surface area (Å²) in [5.74, 6) is -0.319. The Balaban J connectivity index is 1.62. The molecule has 3 heterocycles. The van der Waals surface area contributed by atoms with Crippen molar-refractivity contribution in [2.75, 3.05) is 18.5 Å². The molecule has 8 nitrogen and oxygen atoms in total. The number of rotatable bonds is 7. The number of pyridine rings is 1. The number of thiazole rings is 1. The third kappa shape index (κ3) is 4.62. The van der Waals surface area contributed by atoms with E-state index in [-0.39, 0.29) is 15.9 Å². The summed E-state index contributed by atoms with van der Waals surface area (Å²) >= 11 is 0.698. The van der Waals surface area contributed by atoms with Gasteiger partial charge in [0, 0.05) is 25.5 Å². The third-order valence-electron chi connectivity index (χ3n) is 5.45. The summed E-state index contributed by atoms with van der Waals surface area (Å²) in [5, 5.41) is 1.73. The number of sulfone groups is 1. The van der Waals surface area contributed by atoms with Crippen LogP contribution in [0.15, 0.2) is 34.2 Å². The van der Waals surface area contributed by atoms with E-state index in [2.05, 4.69) is 10.3 Å². The van der Waals surface area contributed by atoms with Crippen LogP contribution < -0.4 is 10.9 Å². The standard InChI is InChI=1S/C19H22FN3O5S2/c20-16-11-21-19(29-16)22-18(25)15(9-12-4-7-28-8-5-12)23-6-3-14(10-17(23)24)30(26,27)13-1-2-13/h3,6,10-13,15H,1-2,4-5,7-9H2,(H,21,22,25)/t15-/m0/s1. The van der Waals surface area contributed by atoms with Gasteiger partial charge in [-0.1, -0.05) is 11.3 Å². The molecular weight excluding hydrogens is 433 g/mol. The van der Waals surface area contributed by atoms with Gasteiger partial charge in [0.15, 0.2) is 20.1 Å². The van der Waals surface area contributed by atoms with E-state index in [1.807, 2.05) is 0 Å². The van der Waals surface area contributed by atoms with Crippen LogP contribution in [0.25, 0.3) is 0 Å². The fourth-order valence-electron chi connectivity index (χ4n) is 3.62. The highest BCUT2D eigenvalue weighted by molar-refractivity contribution is 7.92. The molecule has 0 bridgehead atoms. The average Bonchev–Trinajstić information content (AvgIpc) is 3.51. The molecule has 0 unspecified atom stereocenters. The highest BCUT2D eigenvalue weighted by atomic mass is 32.2. The van der Waals surface area contributed by atoms with Crippen molar-refractivity contribution in [2.45, 2.75) is 48.3 Å². The van der Waals surface area contributed by atoms with Crippen LogP contribution in [0, 0.1) is 11.0 Å². The number of nitrogens with one attached hydrogen (secondary N) is 1. The Morgan fingerprint density at radius 1 is 1.33 bits per heavy atom. The van der Waals surface area contributed by atoms with Crippen molar-refractivity contribution < 1.29 is 22.3 Å². The number of halogens is 1.